The van der Waals surface area contributed by atoms with E-state index in [0.717, 1.165) is 0 Å². The smallest absolute Gasteiger partial charge is 0.425 e. The summed E-state index contributed by atoms with van der Waals surface area (Å²) < 4.78 is 14.9. The molecule has 12 heteroatoms. The van der Waals surface area contributed by atoms with Gasteiger partial charge in [0.25, 0.3) is 0 Å². The van der Waals surface area contributed by atoms with Gasteiger partial charge in [0.05, 0.1) is 29.5 Å². The van der Waals surface area contributed by atoms with E-state index in [0.29, 0.717) is 4.90 Å². The predicted molar refractivity (Wildman–Crippen MR) is 128 cm³/mol. The fourth-order valence-electron chi connectivity index (χ4n) is 2.08. The van der Waals surface area contributed by atoms with Gasteiger partial charge in [-0.15, -0.1) is 0 Å². The maximum atomic E-state index is 12.9. The highest BCUT2D eigenvalue weighted by Gasteiger charge is 2.35. The molecule has 1 aromatic heterocycles. The zero-order valence-electron chi connectivity index (χ0n) is 18.0. The molecule has 0 radical (unpaired) electrons. The molecule has 1 atom stereocenters. The van der Waals surface area contributed by atoms with Gasteiger partial charge in [0.2, 0.25) is 5.91 Å². The summed E-state index contributed by atoms with van der Waals surface area (Å²) in [7, 11) is 0. The van der Waals surface area contributed by atoms with Crippen molar-refractivity contribution in [2.24, 2.45) is 4.76 Å². The van der Waals surface area contributed by atoms with E-state index in [1.807, 2.05) is 22.0 Å². The zero-order chi connectivity index (χ0) is 23.3. The number of carbonyl (C=O) groups excluding carboxylic acids is 3. The number of aromatic nitrogens is 1. The Balaban J connectivity index is 3.65. The molecule has 0 aromatic carbocycles. The lowest BCUT2D eigenvalue weighted by molar-refractivity contribution is -0.114. The van der Waals surface area contributed by atoms with Crippen molar-refractivity contribution < 1.29 is 23.9 Å². The molecule has 1 unspecified atom stereocenters. The van der Waals surface area contributed by atoms with E-state index in [4.69, 9.17) is 15.2 Å². The summed E-state index contributed by atoms with van der Waals surface area (Å²) in [5.74, 6) is -0.477. The average Bonchev–Trinajstić information content (AvgIpc) is 2.53. The molecule has 1 aromatic rings. The van der Waals surface area contributed by atoms with Crippen LogP contribution in [0.25, 0.3) is 0 Å². The summed E-state index contributed by atoms with van der Waals surface area (Å²) in [5, 5.41) is 2.55. The maximum Gasteiger partial charge on any atom is 0.425 e. The summed E-state index contributed by atoms with van der Waals surface area (Å²) in [5.41, 5.74) is 4.91. The minimum Gasteiger partial charge on any atom is -0.443 e. The average molecular weight is 551 g/mol. The maximum absolute atomic E-state index is 12.9. The van der Waals surface area contributed by atoms with Crippen molar-refractivity contribution in [3.63, 3.8) is 0 Å². The molecule has 166 valence electrons. The molecule has 0 bridgehead atoms. The number of rotatable bonds is 4. The third-order valence-electron chi connectivity index (χ3n) is 3.05. The molecule has 0 spiro atoms. The van der Waals surface area contributed by atoms with E-state index in [2.05, 4.69) is 15.1 Å². The molecule has 3 amide bonds. The van der Waals surface area contributed by atoms with Gasteiger partial charge < -0.3 is 20.5 Å². The predicted octanol–water partition coefficient (Wildman–Crippen LogP) is 4.66. The fourth-order valence-corrected chi connectivity index (χ4v) is 2.67. The van der Waals surface area contributed by atoms with Crippen molar-refractivity contribution in [1.82, 2.24) is 4.98 Å². The first-order valence-corrected chi connectivity index (χ1v) is 12.9. The van der Waals surface area contributed by atoms with Gasteiger partial charge in [-0.25, -0.2) is 14.6 Å². The Hall–Kier alpha value is -2.01. The van der Waals surface area contributed by atoms with Gasteiger partial charge >= 0.3 is 12.2 Å². The number of amides is 3. The first kappa shape index (κ1) is 26.0. The van der Waals surface area contributed by atoms with Crippen LogP contribution in [0, 0.1) is 0 Å². The summed E-state index contributed by atoms with van der Waals surface area (Å²) in [6, 6.07) is 0. The topological polar surface area (TPSA) is 136 Å². The Bertz CT molecular complexity index is 821. The van der Waals surface area contributed by atoms with E-state index >= 15 is 0 Å². The second-order valence-electron chi connectivity index (χ2n) is 8.14. The highest BCUT2D eigenvalue weighted by atomic mass is 127. The molecule has 0 aliphatic heterocycles. The largest absolute Gasteiger partial charge is 0.443 e. The Morgan fingerprint density at radius 1 is 1.17 bits per heavy atom. The minimum atomic E-state index is -0.984. The second kappa shape index (κ2) is 10.3. The SMILES string of the molecule is CC(=O)Nc1cnc(N(C(=O)OC(C)(C)C)C(=O)OC(C)(C)C)c(/C=N/PI)c1N. The summed E-state index contributed by atoms with van der Waals surface area (Å²) >= 11 is 2.05. The summed E-state index contributed by atoms with van der Waals surface area (Å²) in [6.07, 6.45) is 0.816. The molecule has 0 saturated heterocycles. The molecule has 1 heterocycles. The van der Waals surface area contributed by atoms with Crippen LogP contribution in [-0.2, 0) is 14.3 Å². The van der Waals surface area contributed by atoms with Gasteiger partial charge in [-0.1, -0.05) is 0 Å². The number of nitrogens with one attached hydrogen (secondary N) is 1. The number of ether oxygens (including phenoxy) is 2. The zero-order valence-corrected chi connectivity index (χ0v) is 21.2. The highest BCUT2D eigenvalue weighted by Crippen LogP contribution is 2.32. The third-order valence-corrected chi connectivity index (χ3v) is 4.12. The number of anilines is 3. The number of pyridine rings is 1. The van der Waals surface area contributed by atoms with Crippen LogP contribution in [0.2, 0.25) is 0 Å². The summed E-state index contributed by atoms with van der Waals surface area (Å²) in [6.45, 7) is 11.3. The van der Waals surface area contributed by atoms with Crippen molar-refractivity contribution in [2.75, 3.05) is 16.0 Å². The van der Waals surface area contributed by atoms with Gasteiger partial charge in [0.15, 0.2) is 5.82 Å². The van der Waals surface area contributed by atoms with Crippen LogP contribution in [0.15, 0.2) is 11.0 Å². The van der Waals surface area contributed by atoms with Crippen LogP contribution in [0.5, 0.6) is 0 Å². The van der Waals surface area contributed by atoms with E-state index < -0.39 is 23.4 Å². The molecule has 30 heavy (non-hydrogen) atoms. The van der Waals surface area contributed by atoms with E-state index in [-0.39, 0.29) is 35.0 Å². The van der Waals surface area contributed by atoms with Gasteiger partial charge in [-0.3, -0.25) is 9.56 Å². The van der Waals surface area contributed by atoms with Crippen molar-refractivity contribution >= 4 is 69.9 Å². The van der Waals surface area contributed by atoms with E-state index in [9.17, 15) is 14.4 Å². The Kier molecular flexibility index (Phi) is 8.97. The number of halogens is 1. The van der Waals surface area contributed by atoms with E-state index in [1.165, 1.54) is 19.3 Å². The quantitative estimate of drug-likeness (QED) is 0.316. The molecule has 0 aliphatic carbocycles. The number of nitrogens with zero attached hydrogens (tertiary/aromatic N) is 3. The van der Waals surface area contributed by atoms with Crippen LogP contribution in [0.4, 0.5) is 26.8 Å². The van der Waals surface area contributed by atoms with Crippen LogP contribution in [0.1, 0.15) is 54.0 Å². The molecule has 0 aliphatic rings. The lowest BCUT2D eigenvalue weighted by atomic mass is 10.2. The number of nitrogens with two attached hydrogens (primary N) is 1. The molecule has 1 rings (SSSR count). The van der Waals surface area contributed by atoms with Gasteiger partial charge in [-0.2, -0.15) is 4.90 Å². The lowest BCUT2D eigenvalue weighted by Gasteiger charge is -2.29. The van der Waals surface area contributed by atoms with Crippen LogP contribution in [-0.4, -0.2) is 40.5 Å². The molecule has 10 nitrogen and oxygen atoms in total. The van der Waals surface area contributed by atoms with Crippen molar-refractivity contribution in [3.8, 4) is 0 Å². The Morgan fingerprint density at radius 3 is 2.07 bits per heavy atom. The van der Waals surface area contributed by atoms with Crippen molar-refractivity contribution in [2.45, 2.75) is 59.7 Å². The Labute approximate surface area is 190 Å². The van der Waals surface area contributed by atoms with Gasteiger partial charge in [0, 0.05) is 13.1 Å². The molecular weight excluding hydrogens is 524 g/mol. The number of carbonyl (C=O) groups is 3. The third kappa shape index (κ3) is 8.02. The van der Waals surface area contributed by atoms with Crippen LogP contribution < -0.4 is 16.0 Å². The molecule has 0 fully saturated rings. The summed E-state index contributed by atoms with van der Waals surface area (Å²) in [4.78, 5) is 42.1. The number of hydrogen-bond acceptors (Lipinski definition) is 8. The molecule has 3 N–H and O–H groups in total. The number of imide groups is 1. The second-order valence-corrected chi connectivity index (χ2v) is 10.0. The number of nitrogen functional groups attached to an aromatic ring is 1. The monoisotopic (exact) mass is 551 g/mol. The molecule has 0 saturated carbocycles. The van der Waals surface area contributed by atoms with E-state index in [1.54, 1.807) is 41.5 Å². The fraction of sp³-hybridized carbons (Fsp3) is 0.500. The lowest BCUT2D eigenvalue weighted by Crippen LogP contribution is -2.44. The normalized spacial score (nSPS) is 12.3. The van der Waals surface area contributed by atoms with Crippen LogP contribution >= 0.6 is 28.4 Å². The van der Waals surface area contributed by atoms with Crippen molar-refractivity contribution in [3.05, 3.63) is 11.8 Å². The first-order valence-electron chi connectivity index (χ1n) is 8.87. The van der Waals surface area contributed by atoms with Gasteiger partial charge in [0.1, 0.15) is 11.2 Å². The van der Waals surface area contributed by atoms with Crippen LogP contribution in [0.3, 0.4) is 0 Å². The minimum absolute atomic E-state index is 0.0886. The number of hydrogen-bond donors (Lipinski definition) is 2. The molecular formula is C18H27IN5O5P. The van der Waals surface area contributed by atoms with Crippen molar-refractivity contribution in [1.29, 1.82) is 0 Å². The Morgan fingerprint density at radius 2 is 1.67 bits per heavy atom. The van der Waals surface area contributed by atoms with Gasteiger partial charge in [-0.05, 0) is 63.6 Å². The first-order chi connectivity index (χ1) is 13.7. The highest BCUT2D eigenvalue weighted by molar-refractivity contribution is 14.2. The standard InChI is InChI=1S/C18H27IN5O5P/c1-10(25)23-12-9-21-14(11(13(12)20)8-22-30-19)24(15(26)28-17(2,3)4)16(27)29-18(5,6)7/h8-9,30H,1-7H3,(H2,20,21)(H,23,25)/b22-8+.